The Hall–Kier alpha value is -0.870. The molecule has 0 radical (unpaired) electrons. The SMILES string of the molecule is Brc1ccc2oc(C3CCCCN3)nc2c1. The van der Waals surface area contributed by atoms with Crippen LogP contribution in [0.2, 0.25) is 0 Å². The summed E-state index contributed by atoms with van der Waals surface area (Å²) in [5, 5.41) is 3.44. The molecule has 1 aromatic heterocycles. The molecule has 2 heterocycles. The van der Waals surface area contributed by atoms with E-state index in [2.05, 4.69) is 26.2 Å². The number of fused-ring (bicyclic) bond motifs is 1. The highest BCUT2D eigenvalue weighted by Crippen LogP contribution is 2.27. The topological polar surface area (TPSA) is 38.1 Å². The summed E-state index contributed by atoms with van der Waals surface area (Å²) in [6.07, 6.45) is 3.62. The van der Waals surface area contributed by atoms with Gasteiger partial charge in [-0.05, 0) is 37.6 Å². The van der Waals surface area contributed by atoms with Gasteiger partial charge >= 0.3 is 0 Å². The van der Waals surface area contributed by atoms with E-state index in [1.165, 1.54) is 12.8 Å². The third-order valence-electron chi connectivity index (χ3n) is 2.97. The van der Waals surface area contributed by atoms with Crippen LogP contribution in [0.15, 0.2) is 27.1 Å². The van der Waals surface area contributed by atoms with Crippen LogP contribution < -0.4 is 5.32 Å². The lowest BCUT2D eigenvalue weighted by molar-refractivity contribution is 0.347. The molecule has 16 heavy (non-hydrogen) atoms. The van der Waals surface area contributed by atoms with Gasteiger partial charge in [-0.2, -0.15) is 0 Å². The Balaban J connectivity index is 1.97. The van der Waals surface area contributed by atoms with Crippen molar-refractivity contribution in [3.8, 4) is 0 Å². The van der Waals surface area contributed by atoms with E-state index in [-0.39, 0.29) is 0 Å². The first-order chi connectivity index (χ1) is 7.83. The highest BCUT2D eigenvalue weighted by atomic mass is 79.9. The Kier molecular flexibility index (Phi) is 2.69. The van der Waals surface area contributed by atoms with Gasteiger partial charge in [0.15, 0.2) is 5.58 Å². The number of hydrogen-bond acceptors (Lipinski definition) is 3. The number of piperidine rings is 1. The second-order valence-corrected chi connectivity index (χ2v) is 5.08. The van der Waals surface area contributed by atoms with Gasteiger partial charge in [-0.3, -0.25) is 0 Å². The zero-order valence-electron chi connectivity index (χ0n) is 8.87. The maximum Gasteiger partial charge on any atom is 0.212 e. The lowest BCUT2D eigenvalue weighted by Crippen LogP contribution is -2.26. The molecule has 1 N–H and O–H groups in total. The molecule has 0 bridgehead atoms. The number of nitrogens with one attached hydrogen (secondary N) is 1. The van der Waals surface area contributed by atoms with Crippen LogP contribution in [-0.4, -0.2) is 11.5 Å². The summed E-state index contributed by atoms with van der Waals surface area (Å²) in [4.78, 5) is 4.54. The maximum atomic E-state index is 5.77. The second kappa shape index (κ2) is 4.18. The van der Waals surface area contributed by atoms with E-state index in [0.717, 1.165) is 34.4 Å². The van der Waals surface area contributed by atoms with E-state index in [0.29, 0.717) is 6.04 Å². The van der Waals surface area contributed by atoms with Crippen molar-refractivity contribution in [1.29, 1.82) is 0 Å². The highest BCUT2D eigenvalue weighted by Gasteiger charge is 2.20. The van der Waals surface area contributed by atoms with Gasteiger partial charge in [-0.25, -0.2) is 4.98 Å². The largest absolute Gasteiger partial charge is 0.439 e. The molecule has 0 amide bonds. The predicted molar refractivity (Wildman–Crippen MR) is 66.3 cm³/mol. The van der Waals surface area contributed by atoms with Crippen molar-refractivity contribution in [3.63, 3.8) is 0 Å². The van der Waals surface area contributed by atoms with Gasteiger partial charge in [-0.1, -0.05) is 22.4 Å². The number of benzene rings is 1. The summed E-state index contributed by atoms with van der Waals surface area (Å²) in [7, 11) is 0. The third kappa shape index (κ3) is 1.87. The minimum absolute atomic E-state index is 0.292. The first-order valence-electron chi connectivity index (χ1n) is 5.62. The molecular weight excluding hydrogens is 268 g/mol. The van der Waals surface area contributed by atoms with E-state index in [9.17, 15) is 0 Å². The summed E-state index contributed by atoms with van der Waals surface area (Å²) in [6.45, 7) is 1.06. The van der Waals surface area contributed by atoms with Crippen molar-refractivity contribution in [2.45, 2.75) is 25.3 Å². The Morgan fingerprint density at radius 2 is 2.31 bits per heavy atom. The highest BCUT2D eigenvalue weighted by molar-refractivity contribution is 9.10. The first kappa shape index (κ1) is 10.3. The lowest BCUT2D eigenvalue weighted by Gasteiger charge is -2.19. The van der Waals surface area contributed by atoms with Gasteiger partial charge < -0.3 is 9.73 Å². The van der Waals surface area contributed by atoms with Crippen LogP contribution in [0.5, 0.6) is 0 Å². The zero-order chi connectivity index (χ0) is 11.0. The molecule has 0 saturated carbocycles. The van der Waals surface area contributed by atoms with E-state index in [4.69, 9.17) is 4.42 Å². The van der Waals surface area contributed by atoms with Crippen molar-refractivity contribution in [2.75, 3.05) is 6.54 Å². The van der Waals surface area contributed by atoms with Crippen LogP contribution in [0.1, 0.15) is 31.2 Å². The van der Waals surface area contributed by atoms with Gasteiger partial charge in [0.05, 0.1) is 6.04 Å². The number of rotatable bonds is 1. The summed E-state index contributed by atoms with van der Waals surface area (Å²) in [5.74, 6) is 0.827. The van der Waals surface area contributed by atoms with Crippen molar-refractivity contribution < 1.29 is 4.42 Å². The molecule has 1 aromatic carbocycles. The van der Waals surface area contributed by atoms with E-state index in [1.54, 1.807) is 0 Å². The molecule has 3 nitrogen and oxygen atoms in total. The maximum absolute atomic E-state index is 5.77. The molecule has 1 fully saturated rings. The third-order valence-corrected chi connectivity index (χ3v) is 3.47. The fraction of sp³-hybridized carbons (Fsp3) is 0.417. The molecule has 0 aliphatic carbocycles. The van der Waals surface area contributed by atoms with E-state index in [1.807, 2.05) is 18.2 Å². The number of hydrogen-bond donors (Lipinski definition) is 1. The van der Waals surface area contributed by atoms with Gasteiger partial charge in [0.1, 0.15) is 5.52 Å². The Morgan fingerprint density at radius 3 is 3.12 bits per heavy atom. The number of aromatic nitrogens is 1. The minimum Gasteiger partial charge on any atom is -0.439 e. The monoisotopic (exact) mass is 280 g/mol. The Labute approximate surface area is 102 Å². The van der Waals surface area contributed by atoms with Gasteiger partial charge in [-0.15, -0.1) is 0 Å². The predicted octanol–water partition coefficient (Wildman–Crippen LogP) is 3.40. The molecule has 1 aliphatic heterocycles. The average molecular weight is 281 g/mol. The second-order valence-electron chi connectivity index (χ2n) is 4.17. The summed E-state index contributed by atoms with van der Waals surface area (Å²) in [5.41, 5.74) is 1.79. The Bertz CT molecular complexity index is 503. The molecule has 3 rings (SSSR count). The van der Waals surface area contributed by atoms with Crippen LogP contribution >= 0.6 is 15.9 Å². The first-order valence-corrected chi connectivity index (χ1v) is 6.41. The summed E-state index contributed by atoms with van der Waals surface area (Å²) in [6, 6.07) is 6.22. The van der Waals surface area contributed by atoms with Crippen molar-refractivity contribution >= 4 is 27.0 Å². The van der Waals surface area contributed by atoms with Crippen molar-refractivity contribution in [3.05, 3.63) is 28.6 Å². The molecule has 1 unspecified atom stereocenters. The normalized spacial score (nSPS) is 21.4. The molecule has 84 valence electrons. The molecule has 0 spiro atoms. The van der Waals surface area contributed by atoms with Crippen LogP contribution in [0.25, 0.3) is 11.1 Å². The molecule has 1 saturated heterocycles. The lowest BCUT2D eigenvalue weighted by atomic mass is 10.1. The zero-order valence-corrected chi connectivity index (χ0v) is 10.5. The molecule has 4 heteroatoms. The van der Waals surface area contributed by atoms with Crippen LogP contribution in [0, 0.1) is 0 Å². The quantitative estimate of drug-likeness (QED) is 0.870. The van der Waals surface area contributed by atoms with Crippen LogP contribution in [0.3, 0.4) is 0 Å². The standard InChI is InChI=1S/C12H13BrN2O/c13-8-4-5-11-10(7-8)15-12(16-11)9-3-1-2-6-14-9/h4-5,7,9,14H,1-3,6H2. The van der Waals surface area contributed by atoms with Crippen LogP contribution in [0.4, 0.5) is 0 Å². The average Bonchev–Trinajstić information content (AvgIpc) is 2.73. The van der Waals surface area contributed by atoms with Gasteiger partial charge in [0.25, 0.3) is 0 Å². The number of oxazole rings is 1. The molecular formula is C12H13BrN2O. The van der Waals surface area contributed by atoms with Gasteiger partial charge in [0.2, 0.25) is 5.89 Å². The summed E-state index contributed by atoms with van der Waals surface area (Å²) < 4.78 is 6.81. The number of nitrogens with zero attached hydrogens (tertiary/aromatic N) is 1. The smallest absolute Gasteiger partial charge is 0.212 e. The molecule has 1 atom stereocenters. The van der Waals surface area contributed by atoms with Crippen molar-refractivity contribution in [2.24, 2.45) is 0 Å². The number of halogens is 1. The summed E-state index contributed by atoms with van der Waals surface area (Å²) >= 11 is 3.44. The fourth-order valence-corrected chi connectivity index (χ4v) is 2.48. The van der Waals surface area contributed by atoms with Gasteiger partial charge in [0, 0.05) is 4.47 Å². The van der Waals surface area contributed by atoms with E-state index < -0.39 is 0 Å². The molecule has 1 aliphatic rings. The van der Waals surface area contributed by atoms with Crippen molar-refractivity contribution in [1.82, 2.24) is 10.3 Å². The Morgan fingerprint density at radius 1 is 1.38 bits per heavy atom. The van der Waals surface area contributed by atoms with Crippen LogP contribution in [-0.2, 0) is 0 Å². The van der Waals surface area contributed by atoms with E-state index >= 15 is 0 Å². The minimum atomic E-state index is 0.292. The fourth-order valence-electron chi connectivity index (χ4n) is 2.13. The molecule has 2 aromatic rings.